The maximum Gasteiger partial charge on any atom is 0.422 e. The van der Waals surface area contributed by atoms with Crippen LogP contribution in [-0.2, 0) is 12.8 Å². The first-order valence-electron chi connectivity index (χ1n) is 11.1. The number of nitrogens with zero attached hydrogens (tertiary/aromatic N) is 2. The molecule has 0 heterocycles. The minimum atomic E-state index is -5.65. The summed E-state index contributed by atoms with van der Waals surface area (Å²) in [5.74, 6) is -9.47. The minimum Gasteiger partial charge on any atom is -0.488 e. The Kier molecular flexibility index (Phi) is 9.37. The number of hydrazone groups is 1. The molecule has 0 fully saturated rings. The fraction of sp³-hybridized carbons (Fsp3) is 0.240. The van der Waals surface area contributed by atoms with Crippen LogP contribution < -0.4 is 15.1 Å². The minimum absolute atomic E-state index is 0.0471. The molecule has 0 amide bonds. The van der Waals surface area contributed by atoms with Gasteiger partial charge in [-0.1, -0.05) is 29.3 Å². The Balaban J connectivity index is 1.93. The van der Waals surface area contributed by atoms with Crippen LogP contribution in [0, 0.1) is 23.3 Å². The van der Waals surface area contributed by atoms with Crippen molar-refractivity contribution < 1.29 is 35.5 Å². The van der Waals surface area contributed by atoms with Gasteiger partial charge < -0.3 is 9.64 Å². The van der Waals surface area contributed by atoms with E-state index in [9.17, 15) is 30.7 Å². The molecule has 0 unspecified atom stereocenters. The van der Waals surface area contributed by atoms with E-state index < -0.39 is 40.7 Å². The van der Waals surface area contributed by atoms with E-state index in [0.29, 0.717) is 28.7 Å². The number of hydrogen-bond donors (Lipinski definition) is 1. The Morgan fingerprint density at radius 2 is 1.53 bits per heavy atom. The van der Waals surface area contributed by atoms with Crippen LogP contribution in [0.1, 0.15) is 30.5 Å². The number of rotatable bonds is 9. The van der Waals surface area contributed by atoms with Crippen molar-refractivity contribution in [2.75, 3.05) is 23.4 Å². The van der Waals surface area contributed by atoms with Gasteiger partial charge in [-0.25, -0.2) is 17.6 Å². The summed E-state index contributed by atoms with van der Waals surface area (Å²) in [5, 5.41) is 4.23. The van der Waals surface area contributed by atoms with Gasteiger partial charge in [-0.2, -0.15) is 18.3 Å². The fourth-order valence-corrected chi connectivity index (χ4v) is 3.80. The van der Waals surface area contributed by atoms with Gasteiger partial charge >= 0.3 is 6.18 Å². The zero-order valence-electron chi connectivity index (χ0n) is 19.9. The molecule has 0 saturated carbocycles. The van der Waals surface area contributed by atoms with Crippen LogP contribution in [0.2, 0.25) is 10.0 Å². The third-order valence-electron chi connectivity index (χ3n) is 5.43. The van der Waals surface area contributed by atoms with Gasteiger partial charge in [0.1, 0.15) is 23.6 Å². The summed E-state index contributed by atoms with van der Waals surface area (Å²) in [6.45, 7) is 5.31. The van der Waals surface area contributed by atoms with Crippen molar-refractivity contribution in [2.45, 2.75) is 26.6 Å². The van der Waals surface area contributed by atoms with Crippen molar-refractivity contribution in [1.82, 2.24) is 0 Å². The van der Waals surface area contributed by atoms with Crippen LogP contribution in [0.15, 0.2) is 41.5 Å². The lowest BCUT2D eigenvalue weighted by molar-refractivity contribution is -0.143. The molecule has 0 aliphatic heterocycles. The Hall–Kier alpha value is -3.18. The molecule has 0 spiro atoms. The lowest BCUT2D eigenvalue weighted by Crippen LogP contribution is -2.21. The highest BCUT2D eigenvalue weighted by Crippen LogP contribution is 2.38. The predicted octanol–water partition coefficient (Wildman–Crippen LogP) is 8.44. The highest BCUT2D eigenvalue weighted by atomic mass is 35.5. The molecule has 3 rings (SSSR count). The van der Waals surface area contributed by atoms with Crippen LogP contribution in [0.5, 0.6) is 5.75 Å². The van der Waals surface area contributed by atoms with Gasteiger partial charge in [0.2, 0.25) is 0 Å². The largest absolute Gasteiger partial charge is 0.488 e. The number of alkyl halides is 3. The van der Waals surface area contributed by atoms with Gasteiger partial charge in [0.05, 0.1) is 16.3 Å². The highest BCUT2D eigenvalue weighted by molar-refractivity contribution is 6.42. The highest BCUT2D eigenvalue weighted by Gasteiger charge is 2.42. The molecule has 0 aromatic heterocycles. The Morgan fingerprint density at radius 1 is 0.895 bits per heavy atom. The number of anilines is 2. The van der Waals surface area contributed by atoms with Crippen molar-refractivity contribution >= 4 is 40.8 Å². The number of nitrogens with one attached hydrogen (secondary N) is 1. The molecule has 38 heavy (non-hydrogen) atoms. The topological polar surface area (TPSA) is 36.9 Å². The molecule has 0 atom stereocenters. The second-order valence-electron chi connectivity index (χ2n) is 7.81. The summed E-state index contributed by atoms with van der Waals surface area (Å²) >= 11 is 12.0. The van der Waals surface area contributed by atoms with E-state index in [0.717, 1.165) is 11.9 Å². The Labute approximate surface area is 223 Å². The van der Waals surface area contributed by atoms with E-state index in [-0.39, 0.29) is 17.9 Å². The van der Waals surface area contributed by atoms with Gasteiger partial charge in [0.15, 0.2) is 23.3 Å². The zero-order chi connectivity index (χ0) is 28.2. The quantitative estimate of drug-likeness (QED) is 0.119. The number of hydrogen-bond acceptors (Lipinski definition) is 4. The molecule has 13 heteroatoms. The smallest absolute Gasteiger partial charge is 0.422 e. The van der Waals surface area contributed by atoms with E-state index >= 15 is 0 Å². The third kappa shape index (κ3) is 6.44. The molecular formula is C25H20Cl2F7N3O. The molecule has 4 nitrogen and oxygen atoms in total. The molecule has 3 aromatic carbocycles. The van der Waals surface area contributed by atoms with Gasteiger partial charge in [0.25, 0.3) is 0 Å². The molecule has 0 bridgehead atoms. The summed E-state index contributed by atoms with van der Waals surface area (Å²) in [6.07, 6.45) is -4.62. The van der Waals surface area contributed by atoms with Gasteiger partial charge in [-0.05, 0) is 43.7 Å². The maximum atomic E-state index is 14.2. The molecule has 0 aliphatic carbocycles. The van der Waals surface area contributed by atoms with Crippen LogP contribution >= 0.6 is 23.2 Å². The van der Waals surface area contributed by atoms with Crippen molar-refractivity contribution in [2.24, 2.45) is 5.10 Å². The first-order chi connectivity index (χ1) is 17.9. The molecule has 3 aromatic rings. The lowest BCUT2D eigenvalue weighted by atomic mass is 10.1. The monoisotopic (exact) mass is 581 g/mol. The third-order valence-corrected chi connectivity index (χ3v) is 6.17. The summed E-state index contributed by atoms with van der Waals surface area (Å²) in [5.41, 5.74) is -0.722. The molecule has 0 aliphatic rings. The number of benzene rings is 3. The Morgan fingerprint density at radius 3 is 2.08 bits per heavy atom. The lowest BCUT2D eigenvalue weighted by Gasteiger charge is -2.22. The second-order valence-corrected chi connectivity index (χ2v) is 8.62. The van der Waals surface area contributed by atoms with E-state index in [1.54, 1.807) is 41.8 Å². The summed E-state index contributed by atoms with van der Waals surface area (Å²) in [7, 11) is 0. The van der Waals surface area contributed by atoms with Gasteiger partial charge in [-0.15, -0.1) is 0 Å². The number of ether oxygens (including phenoxy) is 1. The number of halogens is 9. The normalized spacial score (nSPS) is 11.8. The summed E-state index contributed by atoms with van der Waals surface area (Å²) in [6, 6.07) is 9.86. The maximum absolute atomic E-state index is 14.2. The molecule has 0 radical (unpaired) electrons. The second kappa shape index (κ2) is 12.1. The van der Waals surface area contributed by atoms with Crippen molar-refractivity contribution in [3.05, 3.63) is 86.4 Å². The van der Waals surface area contributed by atoms with Crippen molar-refractivity contribution in [3.63, 3.8) is 0 Å². The molecular weight excluding hydrogens is 562 g/mol. The summed E-state index contributed by atoms with van der Waals surface area (Å²) in [4.78, 5) is 2.02. The van der Waals surface area contributed by atoms with Gasteiger partial charge in [0, 0.05) is 30.4 Å². The van der Waals surface area contributed by atoms with E-state index in [4.69, 9.17) is 27.9 Å². The average molecular weight is 582 g/mol. The first kappa shape index (κ1) is 29.4. The standard InChI is InChI=1S/C25H20Cl2F7N3O/c1-3-37(4-2)15-7-6-14(18(10-15)38-12-13-5-8-16(26)17(27)9-13)11-35-36-24-22(30)20(28)19(25(32,33)34)21(29)23(24)31/h5-11,36H,3-4,12H2,1-2H3/b35-11+. The SMILES string of the molecule is CCN(CC)c1ccc(/C=N/Nc2c(F)c(F)c(C(F)(F)F)c(F)c2F)c(OCc2ccc(Cl)c(Cl)c2)c1. The predicted molar refractivity (Wildman–Crippen MR) is 133 cm³/mol. The van der Waals surface area contributed by atoms with Crippen LogP contribution in [0.4, 0.5) is 42.1 Å². The van der Waals surface area contributed by atoms with Crippen LogP contribution in [-0.4, -0.2) is 19.3 Å². The van der Waals surface area contributed by atoms with E-state index in [1.165, 1.54) is 0 Å². The van der Waals surface area contributed by atoms with E-state index in [1.807, 2.05) is 18.7 Å². The molecule has 0 saturated heterocycles. The zero-order valence-corrected chi connectivity index (χ0v) is 21.4. The average Bonchev–Trinajstić information content (AvgIpc) is 2.86. The van der Waals surface area contributed by atoms with Crippen LogP contribution in [0.25, 0.3) is 0 Å². The van der Waals surface area contributed by atoms with Gasteiger partial charge in [-0.3, -0.25) is 5.43 Å². The van der Waals surface area contributed by atoms with Crippen LogP contribution in [0.3, 0.4) is 0 Å². The van der Waals surface area contributed by atoms with Crippen molar-refractivity contribution in [1.29, 1.82) is 0 Å². The summed E-state index contributed by atoms with van der Waals surface area (Å²) < 4.78 is 100. The molecule has 204 valence electrons. The fourth-order valence-electron chi connectivity index (χ4n) is 3.48. The van der Waals surface area contributed by atoms with Crippen molar-refractivity contribution in [3.8, 4) is 5.75 Å². The Bertz CT molecular complexity index is 1320. The first-order valence-corrected chi connectivity index (χ1v) is 11.8. The van der Waals surface area contributed by atoms with E-state index in [2.05, 4.69) is 5.10 Å². The molecule has 1 N–H and O–H groups in total.